The van der Waals surface area contributed by atoms with Crippen molar-refractivity contribution in [1.82, 2.24) is 9.97 Å². The van der Waals surface area contributed by atoms with Crippen molar-refractivity contribution in [3.05, 3.63) is 11.8 Å². The Hall–Kier alpha value is -1.36. The summed E-state index contributed by atoms with van der Waals surface area (Å²) in [7, 11) is 0. The van der Waals surface area contributed by atoms with Crippen LogP contribution in [0.3, 0.4) is 0 Å². The summed E-state index contributed by atoms with van der Waals surface area (Å²) in [5, 5.41) is 12.6. The van der Waals surface area contributed by atoms with E-state index in [1.807, 2.05) is 13.1 Å². The molecular formula is C15H28N4O. The molecule has 1 aromatic heterocycles. The fraction of sp³-hybridized carbons (Fsp3) is 0.733. The molecule has 5 nitrogen and oxygen atoms in total. The topological polar surface area (TPSA) is 61.3 Å². The van der Waals surface area contributed by atoms with E-state index < -0.39 is 0 Å². The molecule has 0 amide bonds. The molecule has 0 aliphatic rings. The molecule has 0 atom stereocenters. The maximum atomic E-state index is 9.34. The van der Waals surface area contributed by atoms with Gasteiger partial charge in [0.05, 0.1) is 6.61 Å². The maximum Gasteiger partial charge on any atom is 0.224 e. The van der Waals surface area contributed by atoms with Crippen molar-refractivity contribution in [3.63, 3.8) is 0 Å². The molecular weight excluding hydrogens is 252 g/mol. The molecule has 1 heterocycles. The van der Waals surface area contributed by atoms with Crippen molar-refractivity contribution in [3.8, 4) is 0 Å². The molecule has 0 unspecified atom stereocenters. The molecule has 0 bridgehead atoms. The lowest BCUT2D eigenvalue weighted by Crippen LogP contribution is -2.38. The van der Waals surface area contributed by atoms with Crippen molar-refractivity contribution in [1.29, 1.82) is 0 Å². The lowest BCUT2D eigenvalue weighted by atomic mass is 10.1. The first kappa shape index (κ1) is 16.7. The molecule has 0 saturated carbocycles. The molecule has 0 aliphatic carbocycles. The van der Waals surface area contributed by atoms with Gasteiger partial charge < -0.3 is 15.3 Å². The van der Waals surface area contributed by atoms with E-state index >= 15 is 0 Å². The molecule has 0 radical (unpaired) electrons. The number of anilines is 2. The Balaban J connectivity index is 3.04. The molecule has 20 heavy (non-hydrogen) atoms. The molecule has 0 aliphatic heterocycles. The molecule has 114 valence electrons. The summed E-state index contributed by atoms with van der Waals surface area (Å²) in [6.07, 6.45) is 4.97. The zero-order valence-electron chi connectivity index (χ0n) is 13.2. The number of hydrogen-bond donors (Lipinski definition) is 2. The van der Waals surface area contributed by atoms with Gasteiger partial charge in [-0.05, 0) is 26.2 Å². The quantitative estimate of drug-likeness (QED) is 0.728. The zero-order valence-corrected chi connectivity index (χ0v) is 13.2. The Bertz CT molecular complexity index is 393. The number of aliphatic hydroxyl groups excluding tert-OH is 1. The average Bonchev–Trinajstić information content (AvgIpc) is 2.47. The first-order valence-electron chi connectivity index (χ1n) is 7.62. The maximum absolute atomic E-state index is 9.34. The van der Waals surface area contributed by atoms with Crippen LogP contribution in [0.2, 0.25) is 0 Å². The van der Waals surface area contributed by atoms with Gasteiger partial charge in [-0.15, -0.1) is 0 Å². The van der Waals surface area contributed by atoms with Crippen LogP contribution in [-0.4, -0.2) is 40.8 Å². The second kappa shape index (κ2) is 8.74. The standard InChI is InChI=1S/C15H28N4O/c1-5-8-16-15-17-11-12(4)14(18-15)19(9-10-20)13(6-2)7-3/h11,13,20H,5-10H2,1-4H3,(H,16,17,18). The van der Waals surface area contributed by atoms with E-state index in [0.717, 1.165) is 37.2 Å². The van der Waals surface area contributed by atoms with Crippen molar-refractivity contribution in [2.75, 3.05) is 29.9 Å². The summed E-state index contributed by atoms with van der Waals surface area (Å²) in [6.45, 7) is 10.1. The third-order valence-corrected chi connectivity index (χ3v) is 3.47. The van der Waals surface area contributed by atoms with Crippen LogP contribution in [0.4, 0.5) is 11.8 Å². The third-order valence-electron chi connectivity index (χ3n) is 3.47. The molecule has 1 rings (SSSR count). The van der Waals surface area contributed by atoms with Gasteiger partial charge in [0, 0.05) is 30.9 Å². The van der Waals surface area contributed by atoms with Crippen LogP contribution in [0.25, 0.3) is 0 Å². The van der Waals surface area contributed by atoms with Gasteiger partial charge in [0.1, 0.15) is 5.82 Å². The highest BCUT2D eigenvalue weighted by molar-refractivity contribution is 5.49. The van der Waals surface area contributed by atoms with E-state index in [4.69, 9.17) is 0 Å². The van der Waals surface area contributed by atoms with E-state index in [2.05, 4.69) is 41.0 Å². The lowest BCUT2D eigenvalue weighted by Gasteiger charge is -2.32. The highest BCUT2D eigenvalue weighted by Crippen LogP contribution is 2.22. The number of nitrogens with one attached hydrogen (secondary N) is 1. The number of rotatable bonds is 9. The van der Waals surface area contributed by atoms with Crippen LogP contribution < -0.4 is 10.2 Å². The van der Waals surface area contributed by atoms with Gasteiger partial charge in [0.25, 0.3) is 0 Å². The van der Waals surface area contributed by atoms with Gasteiger partial charge in [-0.3, -0.25) is 0 Å². The predicted molar refractivity (Wildman–Crippen MR) is 84.4 cm³/mol. The van der Waals surface area contributed by atoms with Crippen molar-refractivity contribution in [2.24, 2.45) is 0 Å². The first-order valence-corrected chi connectivity index (χ1v) is 7.62. The average molecular weight is 280 g/mol. The molecule has 0 spiro atoms. The zero-order chi connectivity index (χ0) is 15.0. The van der Waals surface area contributed by atoms with Crippen molar-refractivity contribution >= 4 is 11.8 Å². The minimum Gasteiger partial charge on any atom is -0.395 e. The van der Waals surface area contributed by atoms with Crippen LogP contribution >= 0.6 is 0 Å². The SMILES string of the molecule is CCCNc1ncc(C)c(N(CCO)C(CC)CC)n1. The Morgan fingerprint density at radius 3 is 2.55 bits per heavy atom. The fourth-order valence-electron chi connectivity index (χ4n) is 2.34. The highest BCUT2D eigenvalue weighted by Gasteiger charge is 2.19. The normalized spacial score (nSPS) is 10.9. The summed E-state index contributed by atoms with van der Waals surface area (Å²) >= 11 is 0. The van der Waals surface area contributed by atoms with E-state index in [-0.39, 0.29) is 6.61 Å². The molecule has 0 aromatic carbocycles. The Morgan fingerprint density at radius 2 is 2.00 bits per heavy atom. The number of aromatic nitrogens is 2. The Morgan fingerprint density at radius 1 is 1.30 bits per heavy atom. The third kappa shape index (κ3) is 4.34. The monoisotopic (exact) mass is 280 g/mol. The lowest BCUT2D eigenvalue weighted by molar-refractivity contribution is 0.295. The largest absolute Gasteiger partial charge is 0.395 e. The van der Waals surface area contributed by atoms with Gasteiger partial charge in [-0.1, -0.05) is 20.8 Å². The van der Waals surface area contributed by atoms with Crippen molar-refractivity contribution in [2.45, 2.75) is 53.0 Å². The summed E-state index contributed by atoms with van der Waals surface area (Å²) < 4.78 is 0. The summed E-state index contributed by atoms with van der Waals surface area (Å²) in [6, 6.07) is 0.398. The summed E-state index contributed by atoms with van der Waals surface area (Å²) in [5.41, 5.74) is 1.05. The van der Waals surface area contributed by atoms with Gasteiger partial charge in [0.15, 0.2) is 0 Å². The van der Waals surface area contributed by atoms with Gasteiger partial charge >= 0.3 is 0 Å². The number of hydrogen-bond acceptors (Lipinski definition) is 5. The number of aryl methyl sites for hydroxylation is 1. The molecule has 0 fully saturated rings. The van der Waals surface area contributed by atoms with Gasteiger partial charge in [-0.2, -0.15) is 4.98 Å². The molecule has 2 N–H and O–H groups in total. The van der Waals surface area contributed by atoms with Gasteiger partial charge in [0.2, 0.25) is 5.95 Å². The van der Waals surface area contributed by atoms with Crippen LogP contribution in [0.1, 0.15) is 45.6 Å². The molecule has 0 saturated heterocycles. The molecule has 1 aromatic rings. The van der Waals surface area contributed by atoms with E-state index in [1.165, 1.54) is 0 Å². The number of aliphatic hydroxyl groups is 1. The van der Waals surface area contributed by atoms with E-state index in [1.54, 1.807) is 0 Å². The molecule has 5 heteroatoms. The second-order valence-corrected chi connectivity index (χ2v) is 5.01. The summed E-state index contributed by atoms with van der Waals surface area (Å²) in [5.74, 6) is 1.60. The van der Waals surface area contributed by atoms with E-state index in [9.17, 15) is 5.11 Å². The number of nitrogens with zero attached hydrogens (tertiary/aromatic N) is 3. The van der Waals surface area contributed by atoms with Crippen LogP contribution in [-0.2, 0) is 0 Å². The minimum atomic E-state index is 0.137. The van der Waals surface area contributed by atoms with Crippen LogP contribution in [0.5, 0.6) is 0 Å². The highest BCUT2D eigenvalue weighted by atomic mass is 16.3. The first-order chi connectivity index (χ1) is 9.67. The smallest absolute Gasteiger partial charge is 0.224 e. The Labute approximate surface area is 122 Å². The van der Waals surface area contributed by atoms with Crippen LogP contribution in [0, 0.1) is 6.92 Å². The van der Waals surface area contributed by atoms with Crippen molar-refractivity contribution < 1.29 is 5.11 Å². The van der Waals surface area contributed by atoms with E-state index in [0.29, 0.717) is 18.5 Å². The fourth-order valence-corrected chi connectivity index (χ4v) is 2.34. The second-order valence-electron chi connectivity index (χ2n) is 5.01. The minimum absolute atomic E-state index is 0.137. The summed E-state index contributed by atoms with van der Waals surface area (Å²) in [4.78, 5) is 11.2. The van der Waals surface area contributed by atoms with Gasteiger partial charge in [-0.25, -0.2) is 4.98 Å². The van der Waals surface area contributed by atoms with Crippen LogP contribution in [0.15, 0.2) is 6.20 Å². The predicted octanol–water partition coefficient (Wildman–Crippen LogP) is 2.59. The Kier molecular flexibility index (Phi) is 7.30.